The Morgan fingerprint density at radius 1 is 1.31 bits per heavy atom. The third kappa shape index (κ3) is 4.35. The van der Waals surface area contributed by atoms with Crippen LogP contribution in [0.25, 0.3) is 16.9 Å². The summed E-state index contributed by atoms with van der Waals surface area (Å²) in [5.41, 5.74) is 2.88. The number of aromatic nitrogens is 7. The van der Waals surface area contributed by atoms with Crippen molar-refractivity contribution in [3.05, 3.63) is 42.1 Å². The molecule has 3 aliphatic rings. The van der Waals surface area contributed by atoms with Gasteiger partial charge in [0.05, 0.1) is 23.5 Å². The molecule has 4 heterocycles. The molecule has 7 rings (SSSR count). The summed E-state index contributed by atoms with van der Waals surface area (Å²) >= 11 is 0. The van der Waals surface area contributed by atoms with Gasteiger partial charge in [0.15, 0.2) is 17.2 Å². The maximum absolute atomic E-state index is 15.3. The van der Waals surface area contributed by atoms with Gasteiger partial charge in [-0.1, -0.05) is 0 Å². The van der Waals surface area contributed by atoms with Crippen LogP contribution < -0.4 is 10.6 Å². The van der Waals surface area contributed by atoms with E-state index in [0.717, 1.165) is 36.9 Å². The van der Waals surface area contributed by atoms with E-state index in [9.17, 15) is 10.1 Å². The van der Waals surface area contributed by atoms with E-state index in [2.05, 4.69) is 42.0 Å². The lowest BCUT2D eigenvalue weighted by atomic mass is 10.0. The molecule has 3 N–H and O–H groups in total. The molecule has 13 heteroatoms. The molecule has 3 fully saturated rings. The number of imidazole rings is 1. The average Bonchev–Trinajstić information content (AvgIpc) is 3.59. The number of ether oxygens (including phenoxy) is 1. The van der Waals surface area contributed by atoms with Gasteiger partial charge in [0.1, 0.15) is 18.3 Å². The second-order valence-electron chi connectivity index (χ2n) is 10.9. The number of amides is 1. The van der Waals surface area contributed by atoms with Gasteiger partial charge in [-0.15, -0.1) is 0 Å². The maximum atomic E-state index is 15.3. The van der Waals surface area contributed by atoms with Gasteiger partial charge >= 0.3 is 6.09 Å². The van der Waals surface area contributed by atoms with Crippen molar-refractivity contribution in [3.63, 3.8) is 0 Å². The van der Waals surface area contributed by atoms with Gasteiger partial charge in [-0.3, -0.25) is 14.2 Å². The number of nitriles is 1. The van der Waals surface area contributed by atoms with E-state index in [-0.39, 0.29) is 11.2 Å². The van der Waals surface area contributed by atoms with Crippen molar-refractivity contribution in [2.45, 2.75) is 75.2 Å². The molecule has 200 valence electrons. The molecule has 0 aromatic carbocycles. The summed E-state index contributed by atoms with van der Waals surface area (Å²) in [5.74, 6) is 0.379. The van der Waals surface area contributed by atoms with Gasteiger partial charge in [0.25, 0.3) is 0 Å². The summed E-state index contributed by atoms with van der Waals surface area (Å²) < 4.78 is 24.4. The smallest absolute Gasteiger partial charge is 0.407 e. The number of carbonyl (C=O) groups excluding carboxylic acids is 1. The topological polar surface area (TPSA) is 151 Å². The fourth-order valence-corrected chi connectivity index (χ4v) is 5.25. The maximum Gasteiger partial charge on any atom is 0.407 e. The van der Waals surface area contributed by atoms with E-state index in [1.807, 2.05) is 17.7 Å². The molecule has 12 nitrogen and oxygen atoms in total. The highest BCUT2D eigenvalue weighted by Gasteiger charge is 2.43. The van der Waals surface area contributed by atoms with Crippen molar-refractivity contribution in [2.75, 3.05) is 5.32 Å². The van der Waals surface area contributed by atoms with Crippen molar-refractivity contribution >= 4 is 23.5 Å². The minimum absolute atomic E-state index is 0.218. The Labute approximate surface area is 222 Å². The molecule has 39 heavy (non-hydrogen) atoms. The van der Waals surface area contributed by atoms with Crippen LogP contribution in [0.3, 0.4) is 0 Å². The van der Waals surface area contributed by atoms with E-state index in [1.54, 1.807) is 29.1 Å². The number of alkyl carbamates (subject to hydrolysis) is 1. The predicted octanol–water partition coefficient (Wildman–Crippen LogP) is 4.13. The summed E-state index contributed by atoms with van der Waals surface area (Å²) in [6, 6.07) is 6.12. The number of nitrogens with one attached hydrogen (secondary N) is 3. The number of alkyl halides is 1. The van der Waals surface area contributed by atoms with E-state index >= 15 is 4.39 Å². The zero-order chi connectivity index (χ0) is 26.7. The highest BCUT2D eigenvalue weighted by atomic mass is 19.1. The number of carbonyl (C=O) groups is 1. The van der Waals surface area contributed by atoms with Gasteiger partial charge in [0, 0.05) is 35.6 Å². The number of aromatic amines is 1. The molecule has 3 saturated carbocycles. The quantitative estimate of drug-likeness (QED) is 0.323. The molecule has 1 amide bonds. The zero-order valence-corrected chi connectivity index (χ0v) is 21.3. The van der Waals surface area contributed by atoms with Crippen LogP contribution in [0.2, 0.25) is 0 Å². The van der Waals surface area contributed by atoms with Crippen LogP contribution in [0.1, 0.15) is 68.8 Å². The number of H-pyrrole nitrogens is 1. The number of hydrogen-bond donors (Lipinski definition) is 3. The first kappa shape index (κ1) is 23.6. The second-order valence-corrected chi connectivity index (χ2v) is 10.9. The number of nitrogens with zero attached hydrogens (tertiary/aromatic N) is 7. The van der Waals surface area contributed by atoms with E-state index < -0.39 is 24.3 Å². The van der Waals surface area contributed by atoms with Gasteiger partial charge < -0.3 is 15.4 Å². The predicted molar refractivity (Wildman–Crippen MR) is 137 cm³/mol. The monoisotopic (exact) mass is 530 g/mol. The van der Waals surface area contributed by atoms with E-state index in [4.69, 9.17) is 4.74 Å². The summed E-state index contributed by atoms with van der Waals surface area (Å²) in [6.45, 7) is 1.95. The highest BCUT2D eigenvalue weighted by Crippen LogP contribution is 2.40. The fraction of sp³-hybridized carbons (Fsp3) is 0.462. The fourth-order valence-electron chi connectivity index (χ4n) is 5.25. The number of halogens is 1. The van der Waals surface area contributed by atoms with Crippen LogP contribution >= 0.6 is 0 Å². The molecule has 4 aromatic heterocycles. The SMILES string of the molecule is CC1(NC(=O)O[C@@H]2CC[C@H](c3cc(Nc4ncc(-c5ccnn5C5CC5)c5nc(C#N)cn45)n[nH]3)[C@@H]2F)CC1. The third-order valence-corrected chi connectivity index (χ3v) is 7.85. The molecule has 0 bridgehead atoms. The lowest BCUT2D eigenvalue weighted by Gasteiger charge is -2.19. The summed E-state index contributed by atoms with van der Waals surface area (Å²) in [6.07, 6.45) is 7.31. The van der Waals surface area contributed by atoms with Crippen molar-refractivity contribution in [1.29, 1.82) is 5.26 Å². The molecule has 3 aliphatic carbocycles. The first-order valence-electron chi connectivity index (χ1n) is 13.2. The summed E-state index contributed by atoms with van der Waals surface area (Å²) in [5, 5.41) is 27.2. The van der Waals surface area contributed by atoms with Gasteiger partial charge in [-0.25, -0.2) is 19.2 Å². The highest BCUT2D eigenvalue weighted by molar-refractivity contribution is 5.77. The van der Waals surface area contributed by atoms with Crippen LogP contribution in [-0.2, 0) is 4.74 Å². The van der Waals surface area contributed by atoms with Crippen LogP contribution in [-0.4, -0.2) is 58.3 Å². The Bertz CT molecular complexity index is 1610. The molecule has 0 unspecified atom stereocenters. The number of hydrogen-bond acceptors (Lipinski definition) is 8. The molecule has 0 spiro atoms. The third-order valence-electron chi connectivity index (χ3n) is 7.85. The standard InChI is InChI=1S/C26H27FN10O2/c1-26(7-8-26)33-25(38)39-20-5-4-16(22(20)27)18-10-21(35-34-18)32-24-29-12-17(23-31-14(11-28)13-36(23)24)19-6-9-30-37(19)15-2-3-15/h6,9-10,12-13,15-16,20,22H,2-5,7-8H2,1H3,(H,33,38)(H2,29,32,34,35)/t16-,20-,22+/m1/s1. The number of rotatable bonds is 7. The zero-order valence-electron chi connectivity index (χ0n) is 21.3. The Kier molecular flexibility index (Phi) is 5.33. The van der Waals surface area contributed by atoms with Crippen LogP contribution in [0.4, 0.5) is 21.0 Å². The van der Waals surface area contributed by atoms with Gasteiger partial charge in [-0.05, 0) is 51.5 Å². The minimum atomic E-state index is -1.34. The molecule has 0 aliphatic heterocycles. The van der Waals surface area contributed by atoms with Crippen LogP contribution in [0.5, 0.6) is 0 Å². The second kappa shape index (κ2) is 8.79. The Morgan fingerprint density at radius 2 is 2.15 bits per heavy atom. The van der Waals surface area contributed by atoms with E-state index in [0.29, 0.717) is 42.0 Å². The Balaban J connectivity index is 1.10. The van der Waals surface area contributed by atoms with Crippen LogP contribution in [0, 0.1) is 11.3 Å². The van der Waals surface area contributed by atoms with Crippen molar-refractivity contribution in [2.24, 2.45) is 0 Å². The van der Waals surface area contributed by atoms with E-state index in [1.165, 1.54) is 0 Å². The summed E-state index contributed by atoms with van der Waals surface area (Å²) in [4.78, 5) is 21.3. The normalized spacial score (nSPS) is 23.5. The van der Waals surface area contributed by atoms with Crippen molar-refractivity contribution in [3.8, 4) is 17.3 Å². The lowest BCUT2D eigenvalue weighted by molar-refractivity contribution is 0.0546. The Hall–Kier alpha value is -4.47. The molecular formula is C26H27FN10O2. The number of anilines is 2. The van der Waals surface area contributed by atoms with Gasteiger partial charge in [-0.2, -0.15) is 15.5 Å². The largest absolute Gasteiger partial charge is 0.443 e. The molecule has 4 aromatic rings. The first-order valence-corrected chi connectivity index (χ1v) is 13.2. The Morgan fingerprint density at radius 3 is 2.92 bits per heavy atom. The minimum Gasteiger partial charge on any atom is -0.443 e. The van der Waals surface area contributed by atoms with Crippen LogP contribution in [0.15, 0.2) is 30.7 Å². The lowest BCUT2D eigenvalue weighted by Crippen LogP contribution is -2.38. The first-order chi connectivity index (χ1) is 18.9. The number of fused-ring (bicyclic) bond motifs is 1. The molecule has 0 radical (unpaired) electrons. The van der Waals surface area contributed by atoms with Crippen molar-refractivity contribution < 1.29 is 13.9 Å². The molecular weight excluding hydrogens is 503 g/mol. The summed E-state index contributed by atoms with van der Waals surface area (Å²) in [7, 11) is 0. The average molecular weight is 531 g/mol. The van der Waals surface area contributed by atoms with Gasteiger partial charge in [0.2, 0.25) is 5.95 Å². The molecule has 3 atom stereocenters. The van der Waals surface area contributed by atoms with Crippen molar-refractivity contribution in [1.82, 2.24) is 39.7 Å². The molecule has 0 saturated heterocycles.